The highest BCUT2D eigenvalue weighted by Gasteiger charge is 2.26. The number of hydrogen-bond donors (Lipinski definition) is 3. The molecule has 1 aliphatic rings. The van der Waals surface area contributed by atoms with Crippen LogP contribution in [-0.4, -0.2) is 16.2 Å². The summed E-state index contributed by atoms with van der Waals surface area (Å²) in [5.74, 6) is 0. The van der Waals surface area contributed by atoms with Crippen LogP contribution in [0.5, 0.6) is 0 Å². The monoisotopic (exact) mass is 258 g/mol. The number of aromatic nitrogens is 2. The van der Waals surface area contributed by atoms with E-state index in [2.05, 4.69) is 35.4 Å². The lowest BCUT2D eigenvalue weighted by Crippen LogP contribution is -2.30. The van der Waals surface area contributed by atoms with Gasteiger partial charge in [0.1, 0.15) is 0 Å². The van der Waals surface area contributed by atoms with Crippen molar-refractivity contribution in [3.63, 3.8) is 0 Å². The molecule has 1 saturated carbocycles. The summed E-state index contributed by atoms with van der Waals surface area (Å²) in [5, 5.41) is 11.7. The molecule has 2 aromatic rings. The fourth-order valence-electron chi connectivity index (χ4n) is 2.90. The Kier molecular flexibility index (Phi) is 2.88. The van der Waals surface area contributed by atoms with E-state index in [0.29, 0.717) is 11.5 Å². The van der Waals surface area contributed by atoms with E-state index in [1.54, 1.807) is 6.20 Å². The number of benzene rings is 1. The highest BCUT2D eigenvalue weighted by atomic mass is 15.1. The van der Waals surface area contributed by atoms with E-state index in [9.17, 15) is 0 Å². The zero-order valence-corrected chi connectivity index (χ0v) is 11.7. The molecule has 1 heterocycles. The van der Waals surface area contributed by atoms with Gasteiger partial charge in [-0.2, -0.15) is 5.10 Å². The quantitative estimate of drug-likeness (QED) is 0.722. The Morgan fingerprint density at radius 1 is 1.32 bits per heavy atom. The van der Waals surface area contributed by atoms with Crippen LogP contribution in [0.1, 0.15) is 39.5 Å². The van der Waals surface area contributed by atoms with Crippen LogP contribution in [-0.2, 0) is 0 Å². The molecule has 19 heavy (non-hydrogen) atoms. The van der Waals surface area contributed by atoms with Crippen molar-refractivity contribution in [2.24, 2.45) is 5.41 Å². The highest BCUT2D eigenvalue weighted by Crippen LogP contribution is 2.37. The molecule has 3 rings (SSSR count). The van der Waals surface area contributed by atoms with Gasteiger partial charge in [0.25, 0.3) is 0 Å². The Morgan fingerprint density at radius 3 is 2.79 bits per heavy atom. The van der Waals surface area contributed by atoms with Crippen molar-refractivity contribution in [3.8, 4) is 0 Å². The molecule has 0 saturated heterocycles. The lowest BCUT2D eigenvalue weighted by molar-refractivity contribution is 0.232. The van der Waals surface area contributed by atoms with E-state index in [1.165, 1.54) is 25.7 Å². The van der Waals surface area contributed by atoms with Gasteiger partial charge in [0.15, 0.2) is 0 Å². The average Bonchev–Trinajstić information content (AvgIpc) is 2.79. The third kappa shape index (κ3) is 2.53. The third-order valence-corrected chi connectivity index (χ3v) is 4.31. The molecule has 4 nitrogen and oxygen atoms in total. The van der Waals surface area contributed by atoms with E-state index in [4.69, 9.17) is 5.73 Å². The molecule has 4 N–H and O–H groups in total. The normalized spacial score (nSPS) is 19.7. The molecule has 0 bridgehead atoms. The average molecular weight is 258 g/mol. The van der Waals surface area contributed by atoms with Gasteiger partial charge in [-0.3, -0.25) is 5.10 Å². The molecule has 4 heteroatoms. The van der Waals surface area contributed by atoms with Crippen LogP contribution in [0.3, 0.4) is 0 Å². The second-order valence-corrected chi connectivity index (χ2v) is 6.48. The van der Waals surface area contributed by atoms with Gasteiger partial charge in [-0.25, -0.2) is 0 Å². The topological polar surface area (TPSA) is 66.7 Å². The minimum absolute atomic E-state index is 0.497. The van der Waals surface area contributed by atoms with E-state index < -0.39 is 0 Å². The van der Waals surface area contributed by atoms with Crippen LogP contribution < -0.4 is 11.1 Å². The summed E-state index contributed by atoms with van der Waals surface area (Å²) in [6, 6.07) is 4.58. The molecule has 1 aromatic carbocycles. The van der Waals surface area contributed by atoms with Crippen molar-refractivity contribution in [1.29, 1.82) is 0 Å². The van der Waals surface area contributed by atoms with Crippen LogP contribution in [0.25, 0.3) is 10.9 Å². The molecule has 0 radical (unpaired) electrons. The van der Waals surface area contributed by atoms with Crippen molar-refractivity contribution < 1.29 is 0 Å². The van der Waals surface area contributed by atoms with Gasteiger partial charge in [-0.1, -0.05) is 13.8 Å². The van der Waals surface area contributed by atoms with Gasteiger partial charge in [-0.15, -0.1) is 0 Å². The molecule has 1 aliphatic carbocycles. The largest absolute Gasteiger partial charge is 0.397 e. The van der Waals surface area contributed by atoms with Gasteiger partial charge in [0.2, 0.25) is 0 Å². The standard InChI is InChI=1S/C15H22N4/c1-15(2)5-3-11(4-6-15)18-14-8-13-10(7-12(14)16)9-17-19-13/h7-9,11,18H,3-6,16H2,1-2H3,(H,17,19). The number of H-pyrrole nitrogens is 1. The van der Waals surface area contributed by atoms with E-state index >= 15 is 0 Å². The van der Waals surface area contributed by atoms with Gasteiger partial charge in [0.05, 0.1) is 23.1 Å². The Balaban J connectivity index is 1.76. The number of nitrogens with zero attached hydrogens (tertiary/aromatic N) is 1. The number of fused-ring (bicyclic) bond motifs is 1. The summed E-state index contributed by atoms with van der Waals surface area (Å²) in [6.07, 6.45) is 6.78. The smallest absolute Gasteiger partial charge is 0.0672 e. The van der Waals surface area contributed by atoms with Gasteiger partial charge in [0, 0.05) is 11.4 Å². The van der Waals surface area contributed by atoms with Crippen LogP contribution in [0.4, 0.5) is 11.4 Å². The van der Waals surface area contributed by atoms with E-state index in [0.717, 1.165) is 22.3 Å². The Hall–Kier alpha value is -1.71. The van der Waals surface area contributed by atoms with Crippen LogP contribution in [0.15, 0.2) is 18.3 Å². The lowest BCUT2D eigenvalue weighted by Gasteiger charge is -2.35. The second-order valence-electron chi connectivity index (χ2n) is 6.48. The number of nitrogens with one attached hydrogen (secondary N) is 2. The third-order valence-electron chi connectivity index (χ3n) is 4.31. The second kappa shape index (κ2) is 4.44. The Bertz CT molecular complexity index is 575. The molecular formula is C15H22N4. The summed E-state index contributed by atoms with van der Waals surface area (Å²) in [4.78, 5) is 0. The lowest BCUT2D eigenvalue weighted by atomic mass is 9.75. The molecular weight excluding hydrogens is 236 g/mol. The SMILES string of the molecule is CC1(C)CCC(Nc2cc3[nH]ncc3cc2N)CC1. The molecule has 0 aliphatic heterocycles. The first kappa shape index (κ1) is 12.3. The number of nitrogens with two attached hydrogens (primary N) is 1. The van der Waals surface area contributed by atoms with Gasteiger partial charge < -0.3 is 11.1 Å². The molecule has 1 aromatic heterocycles. The Labute approximate surface area is 113 Å². The predicted molar refractivity (Wildman–Crippen MR) is 80.2 cm³/mol. The van der Waals surface area contributed by atoms with Crippen molar-refractivity contribution in [2.45, 2.75) is 45.6 Å². The fourth-order valence-corrected chi connectivity index (χ4v) is 2.90. The van der Waals surface area contributed by atoms with E-state index in [-0.39, 0.29) is 0 Å². The predicted octanol–water partition coefficient (Wildman–Crippen LogP) is 3.53. The molecule has 0 unspecified atom stereocenters. The maximum absolute atomic E-state index is 6.11. The van der Waals surface area contributed by atoms with Crippen LogP contribution in [0, 0.1) is 5.41 Å². The summed E-state index contributed by atoms with van der Waals surface area (Å²) >= 11 is 0. The molecule has 1 fully saturated rings. The zero-order chi connectivity index (χ0) is 13.5. The maximum atomic E-state index is 6.11. The number of anilines is 2. The van der Waals surface area contributed by atoms with Crippen molar-refractivity contribution in [2.75, 3.05) is 11.1 Å². The molecule has 102 valence electrons. The zero-order valence-electron chi connectivity index (χ0n) is 11.7. The first-order valence-electron chi connectivity index (χ1n) is 7.03. The van der Waals surface area contributed by atoms with Crippen molar-refractivity contribution in [3.05, 3.63) is 18.3 Å². The van der Waals surface area contributed by atoms with Crippen molar-refractivity contribution in [1.82, 2.24) is 10.2 Å². The summed E-state index contributed by atoms with van der Waals surface area (Å²) < 4.78 is 0. The van der Waals surface area contributed by atoms with Gasteiger partial charge in [-0.05, 0) is 43.2 Å². The summed E-state index contributed by atoms with van der Waals surface area (Å²) in [7, 11) is 0. The fraction of sp³-hybridized carbons (Fsp3) is 0.533. The van der Waals surface area contributed by atoms with E-state index in [1.807, 2.05) is 6.07 Å². The number of rotatable bonds is 2. The number of aromatic amines is 1. The molecule has 0 amide bonds. The highest BCUT2D eigenvalue weighted by molar-refractivity contribution is 5.88. The summed E-state index contributed by atoms with van der Waals surface area (Å²) in [6.45, 7) is 4.71. The van der Waals surface area contributed by atoms with Gasteiger partial charge >= 0.3 is 0 Å². The first-order valence-corrected chi connectivity index (χ1v) is 7.03. The number of hydrogen-bond acceptors (Lipinski definition) is 3. The summed E-state index contributed by atoms with van der Waals surface area (Å²) in [5.41, 5.74) is 9.48. The number of nitrogen functional groups attached to an aromatic ring is 1. The van der Waals surface area contributed by atoms with Crippen LogP contribution in [0.2, 0.25) is 0 Å². The molecule has 0 atom stereocenters. The Morgan fingerprint density at radius 2 is 2.05 bits per heavy atom. The minimum atomic E-state index is 0.497. The van der Waals surface area contributed by atoms with Crippen LogP contribution >= 0.6 is 0 Å². The van der Waals surface area contributed by atoms with Crippen molar-refractivity contribution >= 4 is 22.3 Å². The minimum Gasteiger partial charge on any atom is -0.397 e. The molecule has 0 spiro atoms. The first-order chi connectivity index (χ1) is 9.03. The maximum Gasteiger partial charge on any atom is 0.0672 e.